The summed E-state index contributed by atoms with van der Waals surface area (Å²) < 4.78 is 38.7. The smallest absolute Gasteiger partial charge is 0.230 e. The Kier molecular flexibility index (Phi) is 7.39. The number of nitrogens with one attached hydrogen (secondary N) is 2. The minimum Gasteiger partial charge on any atom is -0.474 e. The fraction of sp³-hybridized carbons (Fsp3) is 0.478. The molecule has 0 unspecified atom stereocenters. The summed E-state index contributed by atoms with van der Waals surface area (Å²) in [6.45, 7) is 2.77. The van der Waals surface area contributed by atoms with Crippen LogP contribution in [0.15, 0.2) is 35.2 Å². The number of anilines is 3. The average molecular weight is 578 g/mol. The number of pyridine rings is 2. The number of rotatable bonds is 7. The molecule has 0 bridgehead atoms. The summed E-state index contributed by atoms with van der Waals surface area (Å²) in [6.07, 6.45) is 9.71. The van der Waals surface area contributed by atoms with Gasteiger partial charge in [-0.2, -0.15) is 4.98 Å². The van der Waals surface area contributed by atoms with Gasteiger partial charge in [-0.25, -0.2) is 23.4 Å². The lowest BCUT2D eigenvalue weighted by Gasteiger charge is -2.31. The van der Waals surface area contributed by atoms with Crippen LogP contribution >= 0.6 is 15.9 Å². The lowest BCUT2D eigenvalue weighted by atomic mass is 9.93. The van der Waals surface area contributed by atoms with E-state index in [1.54, 1.807) is 24.7 Å². The highest BCUT2D eigenvalue weighted by Gasteiger charge is 2.25. The van der Waals surface area contributed by atoms with Crippen molar-refractivity contribution in [3.05, 3.63) is 35.2 Å². The van der Waals surface area contributed by atoms with Crippen molar-refractivity contribution in [3.63, 3.8) is 0 Å². The molecule has 0 spiro atoms. The van der Waals surface area contributed by atoms with Gasteiger partial charge in [-0.15, -0.1) is 0 Å². The maximum atomic E-state index is 11.7. The van der Waals surface area contributed by atoms with E-state index in [1.165, 1.54) is 0 Å². The Hall–Kier alpha value is -2.77. The van der Waals surface area contributed by atoms with Gasteiger partial charge in [0.25, 0.3) is 0 Å². The number of sulfonamides is 1. The third-order valence-corrected chi connectivity index (χ3v) is 7.19. The molecule has 2 fully saturated rings. The van der Waals surface area contributed by atoms with E-state index < -0.39 is 10.0 Å². The van der Waals surface area contributed by atoms with Crippen molar-refractivity contribution in [3.8, 4) is 5.88 Å². The first kappa shape index (κ1) is 24.9. The third kappa shape index (κ3) is 6.31. The van der Waals surface area contributed by atoms with E-state index in [2.05, 4.69) is 45.8 Å². The van der Waals surface area contributed by atoms with Crippen molar-refractivity contribution in [2.45, 2.75) is 37.8 Å². The third-order valence-electron chi connectivity index (χ3n) is 6.20. The topological polar surface area (TPSA) is 131 Å². The minimum atomic E-state index is -3.46. The van der Waals surface area contributed by atoms with E-state index in [4.69, 9.17) is 14.5 Å². The van der Waals surface area contributed by atoms with E-state index in [1.807, 2.05) is 6.07 Å². The molecule has 11 nitrogen and oxygen atoms in total. The zero-order valence-corrected chi connectivity index (χ0v) is 22.3. The molecular formula is C23H28BrN7O4S. The molecule has 36 heavy (non-hydrogen) atoms. The van der Waals surface area contributed by atoms with Crippen molar-refractivity contribution < 1.29 is 17.9 Å². The second-order valence-corrected chi connectivity index (χ2v) is 11.7. The van der Waals surface area contributed by atoms with Crippen LogP contribution in [0.5, 0.6) is 5.88 Å². The Labute approximate surface area is 218 Å². The molecule has 4 heterocycles. The van der Waals surface area contributed by atoms with Crippen molar-refractivity contribution >= 4 is 54.3 Å². The number of ether oxygens (including phenoxy) is 2. The zero-order chi connectivity index (χ0) is 25.1. The van der Waals surface area contributed by atoms with Gasteiger partial charge in [-0.3, -0.25) is 4.72 Å². The first-order valence-corrected chi connectivity index (χ1v) is 14.5. The van der Waals surface area contributed by atoms with E-state index >= 15 is 0 Å². The Morgan fingerprint density at radius 2 is 1.78 bits per heavy atom. The molecule has 192 valence electrons. The molecule has 0 radical (unpaired) electrons. The Morgan fingerprint density at radius 1 is 1.06 bits per heavy atom. The van der Waals surface area contributed by atoms with Crippen LogP contribution in [0.2, 0.25) is 0 Å². The predicted octanol–water partition coefficient (Wildman–Crippen LogP) is 3.19. The molecule has 3 aromatic rings. The molecular weight excluding hydrogens is 550 g/mol. The van der Waals surface area contributed by atoms with Crippen LogP contribution in [0.3, 0.4) is 0 Å². The number of halogens is 1. The maximum absolute atomic E-state index is 11.7. The lowest BCUT2D eigenvalue weighted by molar-refractivity contribution is 0.122. The van der Waals surface area contributed by atoms with Gasteiger partial charge in [0.1, 0.15) is 17.7 Å². The number of hydrogen-bond donors (Lipinski definition) is 2. The number of aromatic nitrogens is 4. The van der Waals surface area contributed by atoms with Crippen LogP contribution in [-0.4, -0.2) is 73.1 Å². The highest BCUT2D eigenvalue weighted by molar-refractivity contribution is 9.10. The molecule has 2 aliphatic rings. The number of nitrogens with zero attached hydrogens (tertiary/aromatic N) is 5. The zero-order valence-electron chi connectivity index (χ0n) is 19.9. The second kappa shape index (κ2) is 10.7. The van der Waals surface area contributed by atoms with Gasteiger partial charge >= 0.3 is 0 Å². The van der Waals surface area contributed by atoms with Gasteiger partial charge in [0.05, 0.1) is 23.9 Å². The van der Waals surface area contributed by atoms with Crippen molar-refractivity contribution in [2.75, 3.05) is 47.5 Å². The summed E-state index contributed by atoms with van der Waals surface area (Å²) >= 11 is 3.35. The maximum Gasteiger partial charge on any atom is 0.230 e. The first-order valence-electron chi connectivity index (χ1n) is 11.8. The molecule has 13 heteroatoms. The molecule has 3 aromatic heterocycles. The molecule has 0 amide bonds. The van der Waals surface area contributed by atoms with Crippen molar-refractivity contribution in [2.24, 2.45) is 0 Å². The molecule has 5 rings (SSSR count). The van der Waals surface area contributed by atoms with Gasteiger partial charge in [0.15, 0.2) is 0 Å². The van der Waals surface area contributed by atoms with E-state index in [-0.39, 0.29) is 18.0 Å². The van der Waals surface area contributed by atoms with Gasteiger partial charge in [0.2, 0.25) is 21.9 Å². The number of morpholine rings is 1. The van der Waals surface area contributed by atoms with E-state index in [0.717, 1.165) is 66.1 Å². The van der Waals surface area contributed by atoms with E-state index in [9.17, 15) is 8.42 Å². The minimum absolute atomic E-state index is 0.0102. The standard InChI is InChI=1S/C23H28BrN7O4S/c1-36(32,33)30-20-11-19-15(12-25-20)10-21(31-6-8-34-9-7-31)29-22(19)35-18-4-2-17(3-5-18)28-23-26-13-16(24)14-27-23/h10-14,17-18H,2-9H2,1H3,(H,25,30)(H,26,27,28). The quantitative estimate of drug-likeness (QED) is 0.431. The monoisotopic (exact) mass is 577 g/mol. The van der Waals surface area contributed by atoms with Crippen LogP contribution in [0.1, 0.15) is 25.7 Å². The van der Waals surface area contributed by atoms with Gasteiger partial charge in [-0.1, -0.05) is 0 Å². The summed E-state index contributed by atoms with van der Waals surface area (Å²) in [5, 5.41) is 4.95. The predicted molar refractivity (Wildman–Crippen MR) is 141 cm³/mol. The fourth-order valence-electron chi connectivity index (χ4n) is 4.44. The first-order chi connectivity index (χ1) is 17.3. The van der Waals surface area contributed by atoms with E-state index in [0.29, 0.717) is 25.0 Å². The Balaban J connectivity index is 1.35. The summed E-state index contributed by atoms with van der Waals surface area (Å²) in [5.74, 6) is 2.14. The van der Waals surface area contributed by atoms with Crippen molar-refractivity contribution in [1.82, 2.24) is 19.9 Å². The summed E-state index contributed by atoms with van der Waals surface area (Å²) in [5.41, 5.74) is 0. The second-order valence-electron chi connectivity index (χ2n) is 9.01. The molecule has 0 atom stereocenters. The number of hydrogen-bond acceptors (Lipinski definition) is 10. The highest BCUT2D eigenvalue weighted by atomic mass is 79.9. The van der Waals surface area contributed by atoms with Crippen LogP contribution in [0, 0.1) is 0 Å². The van der Waals surface area contributed by atoms with Crippen LogP contribution < -0.4 is 19.7 Å². The summed E-state index contributed by atoms with van der Waals surface area (Å²) in [6, 6.07) is 3.91. The fourth-order valence-corrected chi connectivity index (χ4v) is 5.14. The summed E-state index contributed by atoms with van der Waals surface area (Å²) in [7, 11) is -3.46. The van der Waals surface area contributed by atoms with Crippen LogP contribution in [0.4, 0.5) is 17.6 Å². The highest BCUT2D eigenvalue weighted by Crippen LogP contribution is 2.33. The molecule has 2 N–H and O–H groups in total. The van der Waals surface area contributed by atoms with Crippen molar-refractivity contribution in [1.29, 1.82) is 0 Å². The molecule has 0 aromatic carbocycles. The molecule has 1 saturated carbocycles. The molecule has 1 saturated heterocycles. The summed E-state index contributed by atoms with van der Waals surface area (Å²) in [4.78, 5) is 19.9. The molecule has 1 aliphatic heterocycles. The number of fused-ring (bicyclic) bond motifs is 1. The van der Waals surface area contributed by atoms with Gasteiger partial charge in [-0.05, 0) is 53.7 Å². The van der Waals surface area contributed by atoms with Crippen LogP contribution in [0.25, 0.3) is 10.8 Å². The normalized spacial score (nSPS) is 20.8. The molecule has 1 aliphatic carbocycles. The van der Waals surface area contributed by atoms with Gasteiger partial charge < -0.3 is 19.7 Å². The SMILES string of the molecule is CS(=O)(=O)Nc1cc2c(OC3CCC(Nc4ncc(Br)cn4)CC3)nc(N3CCOCC3)cc2cn1. The lowest BCUT2D eigenvalue weighted by Crippen LogP contribution is -2.37. The average Bonchev–Trinajstić information content (AvgIpc) is 2.86. The largest absolute Gasteiger partial charge is 0.474 e. The van der Waals surface area contributed by atoms with Crippen LogP contribution in [-0.2, 0) is 14.8 Å². The Morgan fingerprint density at radius 3 is 2.47 bits per heavy atom. The van der Waals surface area contributed by atoms with Gasteiger partial charge in [0, 0.05) is 48.5 Å². The Bertz CT molecular complexity index is 1310.